The zero-order chi connectivity index (χ0) is 17.1. The van der Waals surface area contributed by atoms with Crippen LogP contribution in [-0.4, -0.2) is 26.6 Å². The van der Waals surface area contributed by atoms with E-state index in [1.165, 1.54) is 43.1 Å². The van der Waals surface area contributed by atoms with Gasteiger partial charge in [-0.3, -0.25) is 9.59 Å². The van der Waals surface area contributed by atoms with Gasteiger partial charge in [0.15, 0.2) is 5.78 Å². The van der Waals surface area contributed by atoms with E-state index in [2.05, 4.69) is 36.2 Å². The summed E-state index contributed by atoms with van der Waals surface area (Å²) in [5, 5.41) is 2.58. The molecule has 3 rings (SSSR count). The first kappa shape index (κ1) is 16.0. The zero-order valence-corrected chi connectivity index (χ0v) is 13.7. The number of halogens is 2. The number of ketones is 1. The van der Waals surface area contributed by atoms with Gasteiger partial charge in [0.1, 0.15) is 17.8 Å². The minimum Gasteiger partial charge on any atom is -0.356 e. The lowest BCUT2D eigenvalue weighted by molar-refractivity contribution is 0.102. The number of benzene rings is 1. The lowest BCUT2D eigenvalue weighted by Gasteiger charge is -2.03. The molecule has 0 saturated heterocycles. The van der Waals surface area contributed by atoms with Crippen LogP contribution in [0, 0.1) is 5.82 Å². The fraction of sp³-hybridized carbons (Fsp3) is 0. The molecule has 0 aliphatic carbocycles. The van der Waals surface area contributed by atoms with E-state index in [1.807, 2.05) is 0 Å². The molecule has 2 aromatic heterocycles. The van der Waals surface area contributed by atoms with Crippen LogP contribution in [0.25, 0.3) is 0 Å². The summed E-state index contributed by atoms with van der Waals surface area (Å²) in [6, 6.07) is 5.63. The first-order valence-electron chi connectivity index (χ1n) is 6.80. The molecule has 6 nitrogen and oxygen atoms in total. The highest BCUT2D eigenvalue weighted by molar-refractivity contribution is 9.10. The monoisotopic (exact) mass is 388 g/mol. The molecular formula is C16H10BrFN4O2. The summed E-state index contributed by atoms with van der Waals surface area (Å²) < 4.78 is 14.2. The van der Waals surface area contributed by atoms with Gasteiger partial charge in [0.2, 0.25) is 0 Å². The quantitative estimate of drug-likeness (QED) is 0.671. The molecule has 0 aliphatic heterocycles. The molecule has 3 aromatic rings. The van der Waals surface area contributed by atoms with Crippen LogP contribution in [0.15, 0.2) is 53.7 Å². The maximum absolute atomic E-state index is 13.9. The van der Waals surface area contributed by atoms with E-state index < -0.39 is 17.5 Å². The summed E-state index contributed by atoms with van der Waals surface area (Å²) in [7, 11) is 0. The number of hydrogen-bond acceptors (Lipinski definition) is 4. The first-order chi connectivity index (χ1) is 11.6. The number of aromatic amines is 1. The van der Waals surface area contributed by atoms with Crippen LogP contribution in [0.4, 0.5) is 10.1 Å². The third-order valence-corrected chi connectivity index (χ3v) is 3.86. The Bertz CT molecular complexity index is 891. The average molecular weight is 389 g/mol. The Labute approximate surface area is 144 Å². The van der Waals surface area contributed by atoms with Crippen molar-refractivity contribution in [3.63, 3.8) is 0 Å². The predicted octanol–water partition coefficient (Wildman–Crippen LogP) is 3.19. The third-order valence-electron chi connectivity index (χ3n) is 3.20. The van der Waals surface area contributed by atoms with Crippen molar-refractivity contribution in [1.82, 2.24) is 15.0 Å². The van der Waals surface area contributed by atoms with Crippen molar-refractivity contribution < 1.29 is 14.0 Å². The largest absolute Gasteiger partial charge is 0.356 e. The summed E-state index contributed by atoms with van der Waals surface area (Å²) in [5.41, 5.74) is 0.673. The fourth-order valence-electron chi connectivity index (χ4n) is 2.08. The van der Waals surface area contributed by atoms with Gasteiger partial charge in [-0.05, 0) is 34.1 Å². The molecule has 1 aromatic carbocycles. The Morgan fingerprint density at radius 1 is 1.21 bits per heavy atom. The van der Waals surface area contributed by atoms with Gasteiger partial charge in [-0.15, -0.1) is 0 Å². The molecule has 0 saturated carbocycles. The zero-order valence-electron chi connectivity index (χ0n) is 12.1. The van der Waals surface area contributed by atoms with Gasteiger partial charge in [-0.2, -0.15) is 0 Å². The number of rotatable bonds is 4. The lowest BCUT2D eigenvalue weighted by Crippen LogP contribution is -2.12. The smallest absolute Gasteiger partial charge is 0.272 e. The molecule has 0 radical (unpaired) electrons. The average Bonchev–Trinajstić information content (AvgIpc) is 3.05. The summed E-state index contributed by atoms with van der Waals surface area (Å²) in [4.78, 5) is 34.8. The maximum Gasteiger partial charge on any atom is 0.272 e. The second-order valence-corrected chi connectivity index (χ2v) is 5.66. The number of nitrogens with zero attached hydrogens (tertiary/aromatic N) is 2. The van der Waals surface area contributed by atoms with Gasteiger partial charge in [0.25, 0.3) is 5.91 Å². The van der Waals surface area contributed by atoms with Crippen LogP contribution < -0.4 is 5.32 Å². The Balaban J connectivity index is 1.83. The number of anilines is 1. The van der Waals surface area contributed by atoms with Crippen molar-refractivity contribution in [2.45, 2.75) is 0 Å². The van der Waals surface area contributed by atoms with E-state index in [1.54, 1.807) is 6.07 Å². The van der Waals surface area contributed by atoms with Crippen LogP contribution in [0.3, 0.4) is 0 Å². The Kier molecular flexibility index (Phi) is 4.48. The van der Waals surface area contributed by atoms with Crippen molar-refractivity contribution in [3.05, 3.63) is 76.3 Å². The standard InChI is InChI=1S/C16H10BrFN4O2/c17-11-2-1-3-12(18)14(11)15(23)9-4-13(21-5-9)16(24)22-10-6-19-8-20-7-10/h1-8,21H,(H,22,24). The van der Waals surface area contributed by atoms with E-state index in [4.69, 9.17) is 0 Å². The summed E-state index contributed by atoms with van der Waals surface area (Å²) in [6.45, 7) is 0. The number of H-pyrrole nitrogens is 1. The first-order valence-corrected chi connectivity index (χ1v) is 7.59. The number of carbonyl (C=O) groups excluding carboxylic acids is 2. The molecule has 0 aliphatic rings. The maximum atomic E-state index is 13.9. The fourth-order valence-corrected chi connectivity index (χ4v) is 2.60. The minimum absolute atomic E-state index is 0.0834. The van der Waals surface area contributed by atoms with Crippen molar-refractivity contribution in [2.75, 3.05) is 5.32 Å². The highest BCUT2D eigenvalue weighted by Crippen LogP contribution is 2.23. The molecule has 120 valence electrons. The molecule has 2 heterocycles. The molecule has 2 N–H and O–H groups in total. The van der Waals surface area contributed by atoms with Crippen LogP contribution >= 0.6 is 15.9 Å². The van der Waals surface area contributed by atoms with Gasteiger partial charge in [-0.25, -0.2) is 14.4 Å². The molecule has 8 heteroatoms. The number of carbonyl (C=O) groups is 2. The number of aromatic nitrogens is 3. The molecule has 0 spiro atoms. The molecule has 0 atom stereocenters. The Morgan fingerprint density at radius 3 is 2.67 bits per heavy atom. The Morgan fingerprint density at radius 2 is 1.96 bits per heavy atom. The minimum atomic E-state index is -0.636. The molecule has 0 unspecified atom stereocenters. The van der Waals surface area contributed by atoms with E-state index in [9.17, 15) is 14.0 Å². The molecule has 0 fully saturated rings. The number of hydrogen-bond donors (Lipinski definition) is 2. The SMILES string of the molecule is O=C(Nc1cncnc1)c1cc(C(=O)c2c(F)cccc2Br)c[nH]1. The predicted molar refractivity (Wildman–Crippen MR) is 88.3 cm³/mol. The molecule has 0 bridgehead atoms. The lowest BCUT2D eigenvalue weighted by atomic mass is 10.1. The van der Waals surface area contributed by atoms with Crippen LogP contribution in [0.5, 0.6) is 0 Å². The molecular weight excluding hydrogens is 379 g/mol. The van der Waals surface area contributed by atoms with E-state index in [0.29, 0.717) is 10.2 Å². The van der Waals surface area contributed by atoms with Gasteiger partial charge in [0.05, 0.1) is 23.6 Å². The Hall–Kier alpha value is -2.87. The van der Waals surface area contributed by atoms with Gasteiger partial charge < -0.3 is 10.3 Å². The summed E-state index contributed by atoms with van der Waals surface area (Å²) >= 11 is 3.16. The topological polar surface area (TPSA) is 87.7 Å². The van der Waals surface area contributed by atoms with Crippen molar-refractivity contribution in [3.8, 4) is 0 Å². The van der Waals surface area contributed by atoms with Crippen LogP contribution in [-0.2, 0) is 0 Å². The summed E-state index contributed by atoms with van der Waals surface area (Å²) in [6.07, 6.45) is 5.58. The molecule has 1 amide bonds. The van der Waals surface area contributed by atoms with E-state index in [-0.39, 0.29) is 16.8 Å². The van der Waals surface area contributed by atoms with E-state index in [0.717, 1.165) is 0 Å². The third kappa shape index (κ3) is 3.23. The van der Waals surface area contributed by atoms with Crippen LogP contribution in [0.1, 0.15) is 26.4 Å². The van der Waals surface area contributed by atoms with Crippen LogP contribution in [0.2, 0.25) is 0 Å². The van der Waals surface area contributed by atoms with Crippen molar-refractivity contribution in [2.24, 2.45) is 0 Å². The number of nitrogens with one attached hydrogen (secondary N) is 2. The highest BCUT2D eigenvalue weighted by atomic mass is 79.9. The van der Waals surface area contributed by atoms with Gasteiger partial charge >= 0.3 is 0 Å². The van der Waals surface area contributed by atoms with Gasteiger partial charge in [-0.1, -0.05) is 6.07 Å². The van der Waals surface area contributed by atoms with E-state index >= 15 is 0 Å². The number of amides is 1. The second-order valence-electron chi connectivity index (χ2n) is 4.81. The van der Waals surface area contributed by atoms with Crippen molar-refractivity contribution in [1.29, 1.82) is 0 Å². The normalized spacial score (nSPS) is 10.4. The van der Waals surface area contributed by atoms with Crippen molar-refractivity contribution >= 4 is 33.3 Å². The summed E-state index contributed by atoms with van der Waals surface area (Å²) in [5.74, 6) is -1.63. The molecule has 24 heavy (non-hydrogen) atoms. The second kappa shape index (κ2) is 6.71. The highest BCUT2D eigenvalue weighted by Gasteiger charge is 2.20. The van der Waals surface area contributed by atoms with Gasteiger partial charge in [0, 0.05) is 16.2 Å².